The Morgan fingerprint density at radius 2 is 1.94 bits per heavy atom. The molecule has 0 fully saturated rings. The molecule has 1 rings (SSSR count). The maximum Gasteiger partial charge on any atom is 0.137 e. The number of aliphatic hydroxyl groups is 1. The first-order valence-electron chi connectivity index (χ1n) is 6.00. The van der Waals surface area contributed by atoms with Crippen molar-refractivity contribution < 1.29 is 19.9 Å². The summed E-state index contributed by atoms with van der Waals surface area (Å²) in [5.74, 6) is 0.766. The van der Waals surface area contributed by atoms with Crippen molar-refractivity contribution >= 4 is 15.9 Å². The number of rotatable bonds is 8. The number of hydrogen-bond acceptors (Lipinski definition) is 3. The lowest BCUT2D eigenvalue weighted by Gasteiger charge is -2.14. The van der Waals surface area contributed by atoms with E-state index in [1.165, 1.54) is 0 Å². The molecule has 0 spiro atoms. The molecule has 0 aliphatic carbocycles. The van der Waals surface area contributed by atoms with Gasteiger partial charge < -0.3 is 19.9 Å². The van der Waals surface area contributed by atoms with Gasteiger partial charge in [0, 0.05) is 11.6 Å². The standard InChI is InChI=1S/C13H20BrNO3/c1-10(8-17-2)15-7-12(16)9-18-13-5-3-11(14)4-6-13/h3-6,10,12,15-16H,7-9H2,1-2H3/p+1/t10-,12-/m1/s1. The van der Waals surface area contributed by atoms with Gasteiger partial charge in [0.1, 0.15) is 31.0 Å². The Hall–Kier alpha value is -0.620. The molecule has 0 aliphatic rings. The number of nitrogens with two attached hydrogens (primary N) is 1. The molecule has 0 bridgehead atoms. The summed E-state index contributed by atoms with van der Waals surface area (Å²) in [6.07, 6.45) is -0.479. The van der Waals surface area contributed by atoms with E-state index in [2.05, 4.69) is 28.2 Å². The van der Waals surface area contributed by atoms with Crippen molar-refractivity contribution in [2.45, 2.75) is 19.1 Å². The predicted molar refractivity (Wildman–Crippen MR) is 73.8 cm³/mol. The highest BCUT2D eigenvalue weighted by Crippen LogP contribution is 2.15. The van der Waals surface area contributed by atoms with E-state index in [1.807, 2.05) is 24.3 Å². The SMILES string of the molecule is COC[C@@H](C)[NH2+]C[C@@H](O)COc1ccc(Br)cc1. The summed E-state index contributed by atoms with van der Waals surface area (Å²) in [7, 11) is 1.68. The molecular weight excluding hydrogens is 298 g/mol. The van der Waals surface area contributed by atoms with Gasteiger partial charge in [-0.1, -0.05) is 15.9 Å². The quantitative estimate of drug-likeness (QED) is 0.745. The topological polar surface area (TPSA) is 55.3 Å². The minimum Gasteiger partial charge on any atom is -0.491 e. The van der Waals surface area contributed by atoms with Gasteiger partial charge in [-0.05, 0) is 31.2 Å². The van der Waals surface area contributed by atoms with E-state index in [4.69, 9.17) is 9.47 Å². The number of benzene rings is 1. The van der Waals surface area contributed by atoms with Crippen molar-refractivity contribution in [3.63, 3.8) is 0 Å². The highest BCUT2D eigenvalue weighted by atomic mass is 79.9. The first-order valence-corrected chi connectivity index (χ1v) is 6.79. The number of aliphatic hydroxyl groups excluding tert-OH is 1. The first kappa shape index (κ1) is 15.4. The smallest absolute Gasteiger partial charge is 0.137 e. The van der Waals surface area contributed by atoms with E-state index in [9.17, 15) is 5.11 Å². The zero-order chi connectivity index (χ0) is 13.4. The number of ether oxygens (including phenoxy) is 2. The molecule has 0 aliphatic heterocycles. The van der Waals surface area contributed by atoms with Gasteiger partial charge in [-0.25, -0.2) is 0 Å². The lowest BCUT2D eigenvalue weighted by molar-refractivity contribution is -0.693. The van der Waals surface area contributed by atoms with Crippen molar-refractivity contribution in [2.75, 3.05) is 26.9 Å². The number of hydrogen-bond donors (Lipinski definition) is 2. The Morgan fingerprint density at radius 1 is 1.28 bits per heavy atom. The van der Waals surface area contributed by atoms with Crippen LogP contribution in [0, 0.1) is 0 Å². The van der Waals surface area contributed by atoms with E-state index < -0.39 is 6.10 Å². The average Bonchev–Trinajstić information content (AvgIpc) is 2.36. The Labute approximate surface area is 116 Å². The molecule has 3 N–H and O–H groups in total. The highest BCUT2D eigenvalue weighted by Gasteiger charge is 2.11. The van der Waals surface area contributed by atoms with Crippen LogP contribution in [0.4, 0.5) is 0 Å². The Morgan fingerprint density at radius 3 is 2.56 bits per heavy atom. The molecule has 0 saturated carbocycles. The third-order valence-corrected chi connectivity index (χ3v) is 3.02. The summed E-state index contributed by atoms with van der Waals surface area (Å²) in [5.41, 5.74) is 0. The highest BCUT2D eigenvalue weighted by molar-refractivity contribution is 9.10. The third-order valence-electron chi connectivity index (χ3n) is 2.50. The van der Waals surface area contributed by atoms with Gasteiger partial charge in [-0.3, -0.25) is 0 Å². The maximum absolute atomic E-state index is 9.78. The van der Waals surface area contributed by atoms with Crippen LogP contribution in [0.3, 0.4) is 0 Å². The minimum absolute atomic E-state index is 0.303. The van der Waals surface area contributed by atoms with Gasteiger partial charge in [0.2, 0.25) is 0 Å². The summed E-state index contributed by atoms with van der Waals surface area (Å²) < 4.78 is 11.5. The van der Waals surface area contributed by atoms with Crippen molar-refractivity contribution in [1.82, 2.24) is 0 Å². The second-order valence-corrected chi connectivity index (χ2v) is 5.24. The Kier molecular flexibility index (Phi) is 7.27. The molecule has 5 heteroatoms. The Bertz CT molecular complexity index is 332. The van der Waals surface area contributed by atoms with Crippen molar-refractivity contribution in [2.24, 2.45) is 0 Å². The summed E-state index contributed by atoms with van der Waals surface area (Å²) in [6, 6.07) is 7.91. The van der Waals surface area contributed by atoms with Gasteiger partial charge in [0.15, 0.2) is 0 Å². The van der Waals surface area contributed by atoms with Crippen LogP contribution in [-0.4, -0.2) is 44.1 Å². The van der Waals surface area contributed by atoms with Crippen molar-refractivity contribution in [3.8, 4) is 5.75 Å². The molecule has 0 amide bonds. The summed E-state index contributed by atoms with van der Waals surface area (Å²) in [5, 5.41) is 11.8. The van der Waals surface area contributed by atoms with E-state index in [0.29, 0.717) is 25.8 Å². The largest absolute Gasteiger partial charge is 0.491 e. The molecule has 0 aromatic heterocycles. The molecule has 0 unspecified atom stereocenters. The van der Waals surface area contributed by atoms with Crippen LogP contribution in [0.15, 0.2) is 28.7 Å². The molecule has 0 radical (unpaired) electrons. The summed E-state index contributed by atoms with van der Waals surface area (Å²) in [6.45, 7) is 3.66. The molecule has 0 saturated heterocycles. The van der Waals surface area contributed by atoms with Crippen LogP contribution in [0.5, 0.6) is 5.75 Å². The number of methoxy groups -OCH3 is 1. The van der Waals surface area contributed by atoms with E-state index >= 15 is 0 Å². The van der Waals surface area contributed by atoms with Gasteiger partial charge >= 0.3 is 0 Å². The fourth-order valence-corrected chi connectivity index (χ4v) is 1.78. The first-order chi connectivity index (χ1) is 8.61. The predicted octanol–water partition coefficient (Wildman–Crippen LogP) is 0.787. The molecule has 1 aromatic carbocycles. The van der Waals surface area contributed by atoms with Crippen molar-refractivity contribution in [3.05, 3.63) is 28.7 Å². The summed E-state index contributed by atoms with van der Waals surface area (Å²) in [4.78, 5) is 0. The molecule has 18 heavy (non-hydrogen) atoms. The van der Waals surface area contributed by atoms with Crippen LogP contribution >= 0.6 is 15.9 Å². The van der Waals surface area contributed by atoms with Crippen LogP contribution < -0.4 is 10.1 Å². The monoisotopic (exact) mass is 318 g/mol. The van der Waals surface area contributed by atoms with Gasteiger partial charge in [0.05, 0.1) is 6.61 Å². The van der Waals surface area contributed by atoms with Crippen LogP contribution in [0.2, 0.25) is 0 Å². The normalized spacial score (nSPS) is 14.2. The van der Waals surface area contributed by atoms with E-state index in [1.54, 1.807) is 7.11 Å². The van der Waals surface area contributed by atoms with E-state index in [-0.39, 0.29) is 0 Å². The van der Waals surface area contributed by atoms with E-state index in [0.717, 1.165) is 10.2 Å². The fraction of sp³-hybridized carbons (Fsp3) is 0.538. The second kappa shape index (κ2) is 8.48. The molecular formula is C13H21BrNO3+. The van der Waals surface area contributed by atoms with Crippen molar-refractivity contribution in [1.29, 1.82) is 0 Å². The van der Waals surface area contributed by atoms with Gasteiger partial charge in [-0.2, -0.15) is 0 Å². The molecule has 1 aromatic rings. The third kappa shape index (κ3) is 6.35. The lowest BCUT2D eigenvalue weighted by Crippen LogP contribution is -2.92. The zero-order valence-corrected chi connectivity index (χ0v) is 12.4. The van der Waals surface area contributed by atoms with Gasteiger partial charge in [-0.15, -0.1) is 0 Å². The van der Waals surface area contributed by atoms with Crippen LogP contribution in [0.25, 0.3) is 0 Å². The molecule has 102 valence electrons. The summed E-state index contributed by atoms with van der Waals surface area (Å²) >= 11 is 3.36. The zero-order valence-electron chi connectivity index (χ0n) is 10.8. The van der Waals surface area contributed by atoms with Crippen LogP contribution in [-0.2, 0) is 4.74 Å². The van der Waals surface area contributed by atoms with Crippen LogP contribution in [0.1, 0.15) is 6.92 Å². The average molecular weight is 319 g/mol. The number of halogens is 1. The molecule has 4 nitrogen and oxygen atoms in total. The fourth-order valence-electron chi connectivity index (χ4n) is 1.51. The lowest BCUT2D eigenvalue weighted by atomic mass is 10.3. The number of quaternary nitrogens is 1. The molecule has 0 heterocycles. The van der Waals surface area contributed by atoms with Gasteiger partial charge in [0.25, 0.3) is 0 Å². The second-order valence-electron chi connectivity index (χ2n) is 4.32. The Balaban J connectivity index is 2.20. The maximum atomic E-state index is 9.78. The minimum atomic E-state index is -0.479. The molecule has 2 atom stereocenters.